The summed E-state index contributed by atoms with van der Waals surface area (Å²) in [6, 6.07) is 7.37. The molecule has 1 amide bonds. The van der Waals surface area contributed by atoms with E-state index in [1.165, 1.54) is 0 Å². The number of hydrogen-bond donors (Lipinski definition) is 2. The Morgan fingerprint density at radius 2 is 1.74 bits per heavy atom. The van der Waals surface area contributed by atoms with E-state index in [0.717, 1.165) is 5.56 Å². The predicted molar refractivity (Wildman–Crippen MR) is 76.0 cm³/mol. The number of carbonyl (C=O) groups is 2. The molecule has 0 bridgehead atoms. The van der Waals surface area contributed by atoms with Gasteiger partial charge in [0, 0.05) is 30.5 Å². The molecule has 0 fully saturated rings. The average molecular weight is 262 g/mol. The summed E-state index contributed by atoms with van der Waals surface area (Å²) in [5, 5.41) is 2.72. The highest BCUT2D eigenvalue weighted by Gasteiger charge is 2.13. The molecule has 0 aromatic heterocycles. The molecular weight excluding hydrogens is 240 g/mol. The first kappa shape index (κ1) is 15.4. The van der Waals surface area contributed by atoms with Crippen molar-refractivity contribution in [3.8, 4) is 0 Å². The number of Topliss-reactive ketones (excluding diaryl/α,β-unsaturated/α-hetero) is 1. The van der Waals surface area contributed by atoms with Crippen LogP contribution in [0.5, 0.6) is 0 Å². The molecule has 104 valence electrons. The third-order valence-electron chi connectivity index (χ3n) is 2.69. The van der Waals surface area contributed by atoms with Crippen molar-refractivity contribution in [2.45, 2.75) is 39.2 Å². The minimum Gasteiger partial charge on any atom is -0.354 e. The van der Waals surface area contributed by atoms with Gasteiger partial charge >= 0.3 is 0 Å². The van der Waals surface area contributed by atoms with Crippen molar-refractivity contribution in [3.05, 3.63) is 35.4 Å². The highest BCUT2D eigenvalue weighted by Crippen LogP contribution is 2.07. The molecule has 1 rings (SSSR count). The van der Waals surface area contributed by atoms with Gasteiger partial charge in [-0.25, -0.2) is 0 Å². The Balaban J connectivity index is 2.38. The predicted octanol–water partition coefficient (Wildman–Crippen LogP) is 1.81. The Morgan fingerprint density at radius 1 is 1.16 bits per heavy atom. The van der Waals surface area contributed by atoms with Gasteiger partial charge in [0.25, 0.3) is 0 Å². The third kappa shape index (κ3) is 6.15. The molecule has 0 aliphatic carbocycles. The summed E-state index contributed by atoms with van der Waals surface area (Å²) in [7, 11) is 0. The van der Waals surface area contributed by atoms with E-state index in [1.807, 2.05) is 32.9 Å². The monoisotopic (exact) mass is 262 g/mol. The van der Waals surface area contributed by atoms with Gasteiger partial charge in [-0.3, -0.25) is 9.59 Å². The summed E-state index contributed by atoms with van der Waals surface area (Å²) in [6.45, 7) is 6.05. The maximum Gasteiger partial charge on any atom is 0.220 e. The van der Waals surface area contributed by atoms with Gasteiger partial charge in [0.2, 0.25) is 5.91 Å². The standard InChI is InChI=1S/C15H22N2O2/c1-11-4-6-12(7-5-11)13(18)8-9-14(19)17-10-15(2,3)16/h4-7H,8-10,16H2,1-3H3,(H,17,19). The van der Waals surface area contributed by atoms with Crippen LogP contribution in [0.4, 0.5) is 0 Å². The summed E-state index contributed by atoms with van der Waals surface area (Å²) >= 11 is 0. The van der Waals surface area contributed by atoms with E-state index in [2.05, 4.69) is 5.32 Å². The lowest BCUT2D eigenvalue weighted by molar-refractivity contribution is -0.121. The smallest absolute Gasteiger partial charge is 0.220 e. The van der Waals surface area contributed by atoms with Crippen LogP contribution in [0.25, 0.3) is 0 Å². The van der Waals surface area contributed by atoms with Crippen LogP contribution in [0.2, 0.25) is 0 Å². The lowest BCUT2D eigenvalue weighted by atomic mass is 10.0. The van der Waals surface area contributed by atoms with E-state index in [0.29, 0.717) is 12.1 Å². The largest absolute Gasteiger partial charge is 0.354 e. The lowest BCUT2D eigenvalue weighted by Gasteiger charge is -2.18. The van der Waals surface area contributed by atoms with Crippen molar-refractivity contribution in [3.63, 3.8) is 0 Å². The zero-order valence-electron chi connectivity index (χ0n) is 11.8. The third-order valence-corrected chi connectivity index (χ3v) is 2.69. The molecule has 0 unspecified atom stereocenters. The van der Waals surface area contributed by atoms with Crippen LogP contribution in [0.1, 0.15) is 42.6 Å². The summed E-state index contributed by atoms with van der Waals surface area (Å²) in [6.07, 6.45) is 0.419. The van der Waals surface area contributed by atoms with Crippen molar-refractivity contribution < 1.29 is 9.59 Å². The molecule has 4 heteroatoms. The van der Waals surface area contributed by atoms with E-state index in [4.69, 9.17) is 5.73 Å². The Hall–Kier alpha value is -1.68. The summed E-state index contributed by atoms with van der Waals surface area (Å²) in [5.74, 6) is -0.152. The first-order valence-corrected chi connectivity index (χ1v) is 6.43. The van der Waals surface area contributed by atoms with Gasteiger partial charge in [-0.1, -0.05) is 29.8 Å². The van der Waals surface area contributed by atoms with Crippen LogP contribution in [0.3, 0.4) is 0 Å². The number of hydrogen-bond acceptors (Lipinski definition) is 3. The fourth-order valence-corrected chi connectivity index (χ4v) is 1.53. The first-order chi connectivity index (χ1) is 8.78. The minimum absolute atomic E-state index is 0.0119. The molecule has 0 radical (unpaired) electrons. The number of rotatable bonds is 6. The second-order valence-electron chi connectivity index (χ2n) is 5.55. The quantitative estimate of drug-likeness (QED) is 0.768. The number of ketones is 1. The lowest BCUT2D eigenvalue weighted by Crippen LogP contribution is -2.45. The zero-order chi connectivity index (χ0) is 14.5. The Bertz CT molecular complexity index is 444. The van der Waals surface area contributed by atoms with Crippen LogP contribution in [-0.2, 0) is 4.79 Å². The van der Waals surface area contributed by atoms with E-state index < -0.39 is 5.54 Å². The molecular formula is C15H22N2O2. The van der Waals surface area contributed by atoms with E-state index >= 15 is 0 Å². The van der Waals surface area contributed by atoms with Crippen molar-refractivity contribution >= 4 is 11.7 Å². The Morgan fingerprint density at radius 3 is 2.26 bits per heavy atom. The molecule has 1 aromatic carbocycles. The van der Waals surface area contributed by atoms with E-state index in [-0.39, 0.29) is 24.5 Å². The van der Waals surface area contributed by atoms with Gasteiger partial charge in [-0.15, -0.1) is 0 Å². The molecule has 3 N–H and O–H groups in total. The van der Waals surface area contributed by atoms with Gasteiger partial charge in [-0.2, -0.15) is 0 Å². The number of nitrogens with one attached hydrogen (secondary N) is 1. The average Bonchev–Trinajstić information content (AvgIpc) is 2.33. The summed E-state index contributed by atoms with van der Waals surface area (Å²) in [4.78, 5) is 23.4. The van der Waals surface area contributed by atoms with E-state index in [1.54, 1.807) is 12.1 Å². The van der Waals surface area contributed by atoms with Gasteiger partial charge in [0.05, 0.1) is 0 Å². The highest BCUT2D eigenvalue weighted by molar-refractivity contribution is 5.97. The van der Waals surface area contributed by atoms with Gasteiger partial charge in [0.15, 0.2) is 5.78 Å². The topological polar surface area (TPSA) is 72.2 Å². The second kappa shape index (κ2) is 6.48. The van der Waals surface area contributed by atoms with E-state index in [9.17, 15) is 9.59 Å². The van der Waals surface area contributed by atoms with Crippen molar-refractivity contribution in [1.82, 2.24) is 5.32 Å². The number of aryl methyl sites for hydroxylation is 1. The number of benzene rings is 1. The maximum absolute atomic E-state index is 11.9. The molecule has 19 heavy (non-hydrogen) atoms. The molecule has 0 aliphatic heterocycles. The van der Waals surface area contributed by atoms with Gasteiger partial charge < -0.3 is 11.1 Å². The molecule has 0 spiro atoms. The fraction of sp³-hybridized carbons (Fsp3) is 0.467. The zero-order valence-corrected chi connectivity index (χ0v) is 11.8. The molecule has 0 heterocycles. The Labute approximate surface area is 114 Å². The summed E-state index contributed by atoms with van der Waals surface area (Å²) in [5.41, 5.74) is 7.09. The van der Waals surface area contributed by atoms with Crippen molar-refractivity contribution in [1.29, 1.82) is 0 Å². The number of amides is 1. The van der Waals surface area contributed by atoms with Crippen LogP contribution < -0.4 is 11.1 Å². The van der Waals surface area contributed by atoms with Crippen LogP contribution in [0, 0.1) is 6.92 Å². The first-order valence-electron chi connectivity index (χ1n) is 6.43. The van der Waals surface area contributed by atoms with Crippen molar-refractivity contribution in [2.24, 2.45) is 5.73 Å². The van der Waals surface area contributed by atoms with Crippen LogP contribution in [0.15, 0.2) is 24.3 Å². The Kier molecular flexibility index (Phi) is 5.24. The van der Waals surface area contributed by atoms with Gasteiger partial charge in [-0.05, 0) is 20.8 Å². The van der Waals surface area contributed by atoms with Crippen LogP contribution in [-0.4, -0.2) is 23.8 Å². The molecule has 4 nitrogen and oxygen atoms in total. The molecule has 0 atom stereocenters. The summed E-state index contributed by atoms with van der Waals surface area (Å²) < 4.78 is 0. The molecule has 0 aliphatic rings. The fourth-order valence-electron chi connectivity index (χ4n) is 1.53. The SMILES string of the molecule is Cc1ccc(C(=O)CCC(=O)NCC(C)(C)N)cc1. The number of nitrogens with two attached hydrogens (primary N) is 1. The van der Waals surface area contributed by atoms with Crippen LogP contribution >= 0.6 is 0 Å². The molecule has 0 saturated carbocycles. The second-order valence-corrected chi connectivity index (χ2v) is 5.55. The normalized spacial score (nSPS) is 11.2. The number of carbonyl (C=O) groups excluding carboxylic acids is 2. The van der Waals surface area contributed by atoms with Gasteiger partial charge in [0.1, 0.15) is 0 Å². The maximum atomic E-state index is 11.9. The molecule has 0 saturated heterocycles. The van der Waals surface area contributed by atoms with Crippen molar-refractivity contribution in [2.75, 3.05) is 6.54 Å². The molecule has 1 aromatic rings. The minimum atomic E-state index is -0.434. The highest BCUT2D eigenvalue weighted by atomic mass is 16.2.